The standard InChI is InChI=1S/C19H25NO4/c21-9-15-13-6-16-14-7-19-18(23-10-24-19)5-11(14)3-4-20(16)8-12(13)1-2-17(15)22/h5,7,12-13,15-17,21-22H,1-4,6,8-10H2/t12-,13-,15+,16-,17+/m0/s1. The van der Waals surface area contributed by atoms with Crippen molar-refractivity contribution in [2.24, 2.45) is 17.8 Å². The van der Waals surface area contributed by atoms with Crippen LogP contribution < -0.4 is 9.47 Å². The van der Waals surface area contributed by atoms with Crippen molar-refractivity contribution in [2.75, 3.05) is 26.5 Å². The van der Waals surface area contributed by atoms with E-state index in [9.17, 15) is 10.2 Å². The quantitative estimate of drug-likeness (QED) is 0.820. The molecule has 0 bridgehead atoms. The summed E-state index contributed by atoms with van der Waals surface area (Å²) < 4.78 is 11.1. The molecule has 5 atom stereocenters. The lowest BCUT2D eigenvalue weighted by Gasteiger charge is -2.52. The molecule has 0 radical (unpaired) electrons. The molecule has 5 rings (SSSR count). The summed E-state index contributed by atoms with van der Waals surface area (Å²) in [6, 6.07) is 4.70. The van der Waals surface area contributed by atoms with E-state index in [4.69, 9.17) is 9.47 Å². The van der Waals surface area contributed by atoms with Gasteiger partial charge in [0.05, 0.1) is 6.10 Å². The van der Waals surface area contributed by atoms with Gasteiger partial charge in [0.15, 0.2) is 11.5 Å². The second-order valence-corrected chi connectivity index (χ2v) is 7.82. The van der Waals surface area contributed by atoms with Gasteiger partial charge in [-0.2, -0.15) is 0 Å². The van der Waals surface area contributed by atoms with Crippen molar-refractivity contribution in [1.29, 1.82) is 0 Å². The molecule has 5 nitrogen and oxygen atoms in total. The number of aliphatic hydroxyl groups excluding tert-OH is 2. The molecule has 5 heteroatoms. The molecule has 1 saturated heterocycles. The van der Waals surface area contributed by atoms with Crippen molar-refractivity contribution < 1.29 is 19.7 Å². The third-order valence-corrected chi connectivity index (χ3v) is 6.76. The number of ether oxygens (including phenoxy) is 2. The van der Waals surface area contributed by atoms with Crippen molar-refractivity contribution in [3.63, 3.8) is 0 Å². The van der Waals surface area contributed by atoms with E-state index in [1.165, 1.54) is 11.1 Å². The van der Waals surface area contributed by atoms with Crippen molar-refractivity contribution in [3.05, 3.63) is 23.3 Å². The van der Waals surface area contributed by atoms with Crippen molar-refractivity contribution in [3.8, 4) is 11.5 Å². The van der Waals surface area contributed by atoms with Crippen LogP contribution >= 0.6 is 0 Å². The maximum atomic E-state index is 10.3. The summed E-state index contributed by atoms with van der Waals surface area (Å²) in [6.07, 6.45) is 3.66. The molecule has 24 heavy (non-hydrogen) atoms. The minimum atomic E-state index is -0.345. The van der Waals surface area contributed by atoms with E-state index >= 15 is 0 Å². The largest absolute Gasteiger partial charge is 0.454 e. The normalized spacial score (nSPS) is 37.5. The molecule has 1 aliphatic carbocycles. The molecule has 2 N–H and O–H groups in total. The first kappa shape index (κ1) is 15.0. The fraction of sp³-hybridized carbons (Fsp3) is 0.684. The topological polar surface area (TPSA) is 62.2 Å². The highest BCUT2D eigenvalue weighted by Gasteiger charge is 2.46. The van der Waals surface area contributed by atoms with Crippen LogP contribution in [0.5, 0.6) is 11.5 Å². The summed E-state index contributed by atoms with van der Waals surface area (Å²) in [7, 11) is 0. The Morgan fingerprint density at radius 3 is 2.83 bits per heavy atom. The van der Waals surface area contributed by atoms with Crippen molar-refractivity contribution in [1.82, 2.24) is 4.90 Å². The molecule has 130 valence electrons. The third-order valence-electron chi connectivity index (χ3n) is 6.76. The van der Waals surface area contributed by atoms with Crippen LogP contribution in [0.2, 0.25) is 0 Å². The Morgan fingerprint density at radius 2 is 2.00 bits per heavy atom. The third kappa shape index (κ3) is 2.18. The van der Waals surface area contributed by atoms with Gasteiger partial charge in [-0.05, 0) is 60.8 Å². The highest BCUT2D eigenvalue weighted by atomic mass is 16.7. The zero-order valence-electron chi connectivity index (χ0n) is 13.9. The first-order valence-corrected chi connectivity index (χ1v) is 9.20. The van der Waals surface area contributed by atoms with Gasteiger partial charge in [-0.1, -0.05) is 0 Å². The van der Waals surface area contributed by atoms with E-state index in [1.807, 2.05) is 0 Å². The minimum Gasteiger partial charge on any atom is -0.454 e. The SMILES string of the molecule is OC[C@@H]1[C@H]2C[C@H]3c4cc5c(cc4CCN3C[C@@H]2CC[C@H]1O)OCO5. The van der Waals surface area contributed by atoms with Crippen LogP contribution in [0, 0.1) is 17.8 Å². The Kier molecular flexibility index (Phi) is 3.51. The summed E-state index contributed by atoms with van der Waals surface area (Å²) in [5, 5.41) is 20.1. The molecule has 0 amide bonds. The van der Waals surface area contributed by atoms with Crippen LogP contribution in [-0.4, -0.2) is 47.7 Å². The summed E-state index contributed by atoms with van der Waals surface area (Å²) >= 11 is 0. The molecule has 3 aliphatic heterocycles. The van der Waals surface area contributed by atoms with Crippen molar-refractivity contribution in [2.45, 2.75) is 37.8 Å². The maximum Gasteiger partial charge on any atom is 0.231 e. The van der Waals surface area contributed by atoms with Crippen LogP contribution in [-0.2, 0) is 6.42 Å². The number of aliphatic hydroxyl groups is 2. The lowest BCUT2D eigenvalue weighted by atomic mass is 9.64. The molecule has 0 unspecified atom stereocenters. The monoisotopic (exact) mass is 331 g/mol. The van der Waals surface area contributed by atoms with Gasteiger partial charge in [0, 0.05) is 31.7 Å². The fourth-order valence-corrected chi connectivity index (χ4v) is 5.50. The zero-order valence-corrected chi connectivity index (χ0v) is 13.9. The minimum absolute atomic E-state index is 0.0327. The van der Waals surface area contributed by atoms with Gasteiger partial charge in [-0.15, -0.1) is 0 Å². The summed E-state index contributed by atoms with van der Waals surface area (Å²) in [6.45, 7) is 2.60. The fourth-order valence-electron chi connectivity index (χ4n) is 5.50. The van der Waals surface area contributed by atoms with Gasteiger partial charge in [-0.25, -0.2) is 0 Å². The van der Waals surface area contributed by atoms with Crippen LogP contribution in [0.1, 0.15) is 36.4 Å². The molecule has 1 aromatic carbocycles. The predicted molar refractivity (Wildman–Crippen MR) is 88.0 cm³/mol. The number of rotatable bonds is 1. The zero-order chi connectivity index (χ0) is 16.3. The highest BCUT2D eigenvalue weighted by molar-refractivity contribution is 5.50. The molecule has 0 aromatic heterocycles. The molecule has 1 saturated carbocycles. The van der Waals surface area contributed by atoms with Crippen LogP contribution in [0.3, 0.4) is 0 Å². The van der Waals surface area contributed by atoms with Gasteiger partial charge < -0.3 is 19.7 Å². The molecular weight excluding hydrogens is 306 g/mol. The first-order valence-electron chi connectivity index (χ1n) is 9.20. The highest BCUT2D eigenvalue weighted by Crippen LogP contribution is 2.50. The lowest BCUT2D eigenvalue weighted by Crippen LogP contribution is -2.52. The summed E-state index contributed by atoms with van der Waals surface area (Å²) in [5.74, 6) is 2.79. The van der Waals surface area contributed by atoms with Gasteiger partial charge >= 0.3 is 0 Å². The number of piperidine rings is 1. The Morgan fingerprint density at radius 1 is 1.17 bits per heavy atom. The number of hydrogen-bond donors (Lipinski definition) is 2. The van der Waals surface area contributed by atoms with E-state index in [-0.39, 0.29) is 18.6 Å². The lowest BCUT2D eigenvalue weighted by molar-refractivity contribution is -0.0720. The van der Waals surface area contributed by atoms with E-state index in [0.29, 0.717) is 24.7 Å². The molecule has 1 aromatic rings. The van der Waals surface area contributed by atoms with Crippen LogP contribution in [0.15, 0.2) is 12.1 Å². The van der Waals surface area contributed by atoms with Gasteiger partial charge in [0.1, 0.15) is 0 Å². The van der Waals surface area contributed by atoms with E-state index < -0.39 is 0 Å². The number of nitrogens with zero attached hydrogens (tertiary/aromatic N) is 1. The first-order chi connectivity index (χ1) is 11.7. The smallest absolute Gasteiger partial charge is 0.231 e. The van der Waals surface area contributed by atoms with Gasteiger partial charge in [0.2, 0.25) is 6.79 Å². The van der Waals surface area contributed by atoms with E-state index in [0.717, 1.165) is 50.3 Å². The van der Waals surface area contributed by atoms with Crippen molar-refractivity contribution >= 4 is 0 Å². The van der Waals surface area contributed by atoms with Crippen LogP contribution in [0.4, 0.5) is 0 Å². The average Bonchev–Trinajstić information content (AvgIpc) is 3.06. The Balaban J connectivity index is 1.49. The molecule has 4 aliphatic rings. The Labute approximate surface area is 142 Å². The number of hydrogen-bond acceptors (Lipinski definition) is 5. The Bertz CT molecular complexity index is 648. The maximum absolute atomic E-state index is 10.3. The molecule has 2 fully saturated rings. The second kappa shape index (κ2) is 5.61. The van der Waals surface area contributed by atoms with E-state index in [2.05, 4.69) is 17.0 Å². The molecular formula is C19H25NO4. The van der Waals surface area contributed by atoms with Crippen LogP contribution in [0.25, 0.3) is 0 Å². The number of fused-ring (bicyclic) bond motifs is 5. The number of benzene rings is 1. The summed E-state index contributed by atoms with van der Waals surface area (Å²) in [5.41, 5.74) is 2.73. The second-order valence-electron chi connectivity index (χ2n) is 7.82. The van der Waals surface area contributed by atoms with E-state index in [1.54, 1.807) is 0 Å². The van der Waals surface area contributed by atoms with Gasteiger partial charge in [-0.3, -0.25) is 4.90 Å². The van der Waals surface area contributed by atoms with Gasteiger partial charge in [0.25, 0.3) is 0 Å². The molecule has 3 heterocycles. The average molecular weight is 331 g/mol. The Hall–Kier alpha value is -1.30. The summed E-state index contributed by atoms with van der Waals surface area (Å²) in [4.78, 5) is 2.61. The molecule has 0 spiro atoms. The predicted octanol–water partition coefficient (Wildman–Crippen LogP) is 1.71.